The van der Waals surface area contributed by atoms with Crippen LogP contribution < -0.4 is 10.4 Å². The van der Waals surface area contributed by atoms with E-state index >= 15 is 0 Å². The monoisotopic (exact) mass is 802 g/mol. The van der Waals surface area contributed by atoms with Gasteiger partial charge in [-0.3, -0.25) is 0 Å². The fraction of sp³-hybridized carbons (Fsp3) is 0.0952. The molecule has 0 atom stereocenters. The zero-order valence-corrected chi connectivity index (χ0v) is 28.4. The van der Waals surface area contributed by atoms with Crippen LogP contribution in [0.3, 0.4) is 0 Å². The van der Waals surface area contributed by atoms with Crippen LogP contribution in [0.1, 0.15) is 38.9 Å². The van der Waals surface area contributed by atoms with Gasteiger partial charge in [0.15, 0.2) is 0 Å². The van der Waals surface area contributed by atoms with E-state index in [-0.39, 0.29) is 61.2 Å². The molecule has 0 spiro atoms. The van der Waals surface area contributed by atoms with E-state index < -0.39 is 69.2 Å². The molecule has 0 saturated carbocycles. The van der Waals surface area contributed by atoms with Crippen LogP contribution in [-0.2, 0) is 24.7 Å². The molecule has 0 aromatic heterocycles. The molecule has 4 nitrogen and oxygen atoms in total. The Hall–Kier alpha value is -7.30. The molecule has 5 aromatic rings. The van der Waals surface area contributed by atoms with Gasteiger partial charge in [0.05, 0.1) is 22.3 Å². The molecule has 2 aliphatic carbocycles. The van der Waals surface area contributed by atoms with E-state index in [4.69, 9.17) is 0 Å². The summed E-state index contributed by atoms with van der Waals surface area (Å²) in [6, 6.07) is 18.0. The maximum atomic E-state index is 13.8. The molecule has 0 bridgehead atoms. The minimum Gasteiger partial charge on any atom is -0.192 e. The largest absolute Gasteiger partial charge is 0.416 e. The summed E-state index contributed by atoms with van der Waals surface area (Å²) in [4.78, 5) is 0. The van der Waals surface area contributed by atoms with Gasteiger partial charge in [0, 0.05) is 10.8 Å². The first-order valence-corrected chi connectivity index (χ1v) is 16.3. The quantitative estimate of drug-likeness (QED) is 0.128. The summed E-state index contributed by atoms with van der Waals surface area (Å²) >= 11 is 0. The van der Waals surface area contributed by atoms with Crippen molar-refractivity contribution >= 4 is 17.2 Å². The van der Waals surface area contributed by atoms with Gasteiger partial charge in [0.2, 0.25) is 0 Å². The molecule has 0 saturated heterocycles. The normalized spacial score (nSPS) is 12.9. The van der Waals surface area contributed by atoms with Gasteiger partial charge in [-0.05, 0) is 139 Å². The molecule has 0 aliphatic heterocycles. The highest BCUT2D eigenvalue weighted by molar-refractivity contribution is 6.05. The van der Waals surface area contributed by atoms with Gasteiger partial charge in [-0.25, -0.2) is 0 Å². The van der Waals surface area contributed by atoms with Crippen molar-refractivity contribution in [2.45, 2.75) is 24.7 Å². The van der Waals surface area contributed by atoms with Gasteiger partial charge in [-0.1, -0.05) is 12.1 Å². The van der Waals surface area contributed by atoms with E-state index in [0.717, 1.165) is 6.07 Å². The van der Waals surface area contributed by atoms with Gasteiger partial charge < -0.3 is 0 Å². The molecule has 0 heterocycles. The van der Waals surface area contributed by atoms with Crippen LogP contribution >= 0.6 is 0 Å². The topological polar surface area (TPSA) is 95.2 Å². The maximum absolute atomic E-state index is 13.8. The van der Waals surface area contributed by atoms with E-state index in [0.29, 0.717) is 40.6 Å². The number of benzene rings is 5. The number of fused-ring (bicyclic) bond motifs is 5. The molecular formula is C42H14F12N4. The average Bonchev–Trinajstić information content (AvgIpc) is 3.67. The van der Waals surface area contributed by atoms with Crippen molar-refractivity contribution in [2.75, 3.05) is 0 Å². The molecule has 5 aromatic carbocycles. The number of alkyl halides is 12. The number of allylic oxidation sites excluding steroid dienone is 1. The molecule has 0 N–H and O–H groups in total. The minimum absolute atomic E-state index is 0.0323. The highest BCUT2D eigenvalue weighted by Crippen LogP contribution is 2.48. The van der Waals surface area contributed by atoms with Crippen LogP contribution in [0, 0.1) is 55.8 Å². The Balaban J connectivity index is 1.51. The van der Waals surface area contributed by atoms with Crippen molar-refractivity contribution in [3.63, 3.8) is 0 Å². The second-order valence-electron chi connectivity index (χ2n) is 13.0. The van der Waals surface area contributed by atoms with E-state index in [2.05, 4.69) is 0 Å². The maximum Gasteiger partial charge on any atom is 0.416 e. The molecule has 0 amide bonds. The minimum atomic E-state index is -5.18. The third-order valence-electron chi connectivity index (χ3n) is 9.60. The predicted molar refractivity (Wildman–Crippen MR) is 182 cm³/mol. The Bertz CT molecular complexity index is 3010. The SMILES string of the molecule is N#CC(C#N)=C1c2cc(-c3cc(C(F)(F)F)cc(C(F)(F)F)c3)ccc2-c2cc3c(cc21)=c1c(cc(-c2cc(C(F)(F)F)cc(C(F)(F)F)c2)cc1=C(C#N)C#N)C=3. The average molecular weight is 803 g/mol. The summed E-state index contributed by atoms with van der Waals surface area (Å²) < 4.78 is 165. The van der Waals surface area contributed by atoms with E-state index in [9.17, 15) is 73.7 Å². The number of nitriles is 4. The Morgan fingerprint density at radius 2 is 0.862 bits per heavy atom. The van der Waals surface area contributed by atoms with Crippen molar-refractivity contribution in [1.29, 1.82) is 21.0 Å². The lowest BCUT2D eigenvalue weighted by Crippen LogP contribution is -2.12. The Morgan fingerprint density at radius 1 is 0.414 bits per heavy atom. The second-order valence-corrected chi connectivity index (χ2v) is 13.0. The van der Waals surface area contributed by atoms with E-state index in [1.165, 1.54) is 36.4 Å². The summed E-state index contributed by atoms with van der Waals surface area (Å²) in [5, 5.41) is 40.3. The smallest absolute Gasteiger partial charge is 0.192 e. The van der Waals surface area contributed by atoms with Crippen molar-refractivity contribution in [1.82, 2.24) is 0 Å². The summed E-state index contributed by atoms with van der Waals surface area (Å²) in [7, 11) is 0. The fourth-order valence-electron chi connectivity index (χ4n) is 7.10. The van der Waals surface area contributed by atoms with Crippen LogP contribution in [0.15, 0.2) is 84.4 Å². The molecule has 0 unspecified atom stereocenters. The summed E-state index contributed by atoms with van der Waals surface area (Å²) in [6.07, 6.45) is -19.2. The van der Waals surface area contributed by atoms with Crippen molar-refractivity contribution in [3.8, 4) is 57.7 Å². The summed E-state index contributed by atoms with van der Waals surface area (Å²) in [5.41, 5.74) is -7.71. The number of rotatable bonds is 2. The first-order valence-electron chi connectivity index (χ1n) is 16.3. The lowest BCUT2D eigenvalue weighted by atomic mass is 9.93. The lowest BCUT2D eigenvalue weighted by molar-refractivity contribution is -0.144. The molecule has 58 heavy (non-hydrogen) atoms. The van der Waals surface area contributed by atoms with Crippen molar-refractivity contribution in [2.24, 2.45) is 0 Å². The molecule has 7 rings (SSSR count). The van der Waals surface area contributed by atoms with Crippen LogP contribution in [-0.4, -0.2) is 0 Å². The third kappa shape index (κ3) is 6.59. The number of nitrogens with zero attached hydrogens (tertiary/aromatic N) is 4. The number of hydrogen-bond donors (Lipinski definition) is 0. The number of hydrogen-bond acceptors (Lipinski definition) is 4. The van der Waals surface area contributed by atoms with Gasteiger partial charge in [-0.2, -0.15) is 73.7 Å². The fourth-order valence-corrected chi connectivity index (χ4v) is 7.10. The number of halogens is 12. The summed E-state index contributed by atoms with van der Waals surface area (Å²) in [6.45, 7) is 0. The zero-order valence-electron chi connectivity index (χ0n) is 28.4. The van der Waals surface area contributed by atoms with E-state index in [1.54, 1.807) is 30.3 Å². The van der Waals surface area contributed by atoms with Gasteiger partial charge in [0.25, 0.3) is 0 Å². The second kappa shape index (κ2) is 13.1. The van der Waals surface area contributed by atoms with Crippen LogP contribution in [0.4, 0.5) is 52.7 Å². The van der Waals surface area contributed by atoms with Crippen molar-refractivity contribution < 1.29 is 52.7 Å². The Morgan fingerprint density at radius 3 is 1.33 bits per heavy atom. The molecule has 0 radical (unpaired) electrons. The first-order chi connectivity index (χ1) is 27.1. The molecule has 0 fully saturated rings. The summed E-state index contributed by atoms with van der Waals surface area (Å²) in [5.74, 6) is 0. The Kier molecular flexibility index (Phi) is 8.83. The van der Waals surface area contributed by atoms with Crippen LogP contribution in [0.25, 0.3) is 50.6 Å². The first kappa shape index (κ1) is 39.0. The third-order valence-corrected chi connectivity index (χ3v) is 9.60. The molecule has 286 valence electrons. The standard InChI is InChI=1S/C42H14F12N4/c43-39(44,45)27-5-21(6-28(12-27)40(46,47)48)19-1-2-31-34-11-23-4-24-3-20(22-7-29(41(49,50)51)13-30(8-22)42(52,53)54)10-32(25(15-55)16-56)37(24)33(23)14-36(34)38(35(31)9-19)26(17-57)18-58/h1-14H. The van der Waals surface area contributed by atoms with Crippen LogP contribution in [0.2, 0.25) is 0 Å². The lowest BCUT2D eigenvalue weighted by Gasteiger charge is -2.15. The highest BCUT2D eigenvalue weighted by Gasteiger charge is 2.39. The van der Waals surface area contributed by atoms with Crippen molar-refractivity contribution in [3.05, 3.63) is 144 Å². The van der Waals surface area contributed by atoms with Crippen LogP contribution in [0.5, 0.6) is 0 Å². The van der Waals surface area contributed by atoms with Gasteiger partial charge >= 0.3 is 24.7 Å². The highest BCUT2D eigenvalue weighted by atomic mass is 19.4. The predicted octanol–water partition coefficient (Wildman–Crippen LogP) is 10.6. The zero-order chi connectivity index (χ0) is 42.3. The van der Waals surface area contributed by atoms with Gasteiger partial charge in [-0.15, -0.1) is 0 Å². The van der Waals surface area contributed by atoms with Gasteiger partial charge in [0.1, 0.15) is 35.4 Å². The molecule has 16 heteroatoms. The van der Waals surface area contributed by atoms with E-state index in [1.807, 2.05) is 0 Å². The molecule has 2 aliphatic rings. The molecular weight excluding hydrogens is 788 g/mol. The Labute approximate surface area is 317 Å².